The van der Waals surface area contributed by atoms with Gasteiger partial charge in [0.15, 0.2) is 5.16 Å². The topological polar surface area (TPSA) is 63.6 Å². The van der Waals surface area contributed by atoms with E-state index in [1.165, 1.54) is 11.3 Å². The summed E-state index contributed by atoms with van der Waals surface area (Å²) in [5.74, 6) is 1.22. The number of hydrogen-bond donors (Lipinski definition) is 1. The van der Waals surface area contributed by atoms with Crippen molar-refractivity contribution < 1.29 is 0 Å². The quantitative estimate of drug-likeness (QED) is 0.353. The Labute approximate surface area is 181 Å². The molecular formula is C23H20N4OS2. The van der Waals surface area contributed by atoms with Crippen LogP contribution >= 0.6 is 23.1 Å². The molecule has 0 unspecified atom stereocenters. The fourth-order valence-electron chi connectivity index (χ4n) is 3.65. The SMILES string of the molecule is CC(C)n1c(SCc2nc3scc(-c4ccccc4)c3c(=O)[nH]2)nc2ccccc21. The molecule has 7 heteroatoms. The minimum atomic E-state index is -0.0898. The number of aromatic nitrogens is 4. The lowest BCUT2D eigenvalue weighted by molar-refractivity contribution is 0.566. The van der Waals surface area contributed by atoms with Gasteiger partial charge < -0.3 is 9.55 Å². The van der Waals surface area contributed by atoms with Crippen molar-refractivity contribution in [2.24, 2.45) is 0 Å². The van der Waals surface area contributed by atoms with Gasteiger partial charge in [-0.1, -0.05) is 54.2 Å². The number of hydrogen-bond acceptors (Lipinski definition) is 5. The van der Waals surface area contributed by atoms with Crippen molar-refractivity contribution in [3.05, 3.63) is 76.2 Å². The summed E-state index contributed by atoms with van der Waals surface area (Å²) in [6.45, 7) is 4.31. The number of thioether (sulfide) groups is 1. The molecule has 0 aliphatic rings. The van der Waals surface area contributed by atoms with Crippen molar-refractivity contribution >= 4 is 44.3 Å². The summed E-state index contributed by atoms with van der Waals surface area (Å²) in [6.07, 6.45) is 0. The normalized spacial score (nSPS) is 11.7. The molecule has 5 nitrogen and oxygen atoms in total. The number of thiophene rings is 1. The van der Waals surface area contributed by atoms with Gasteiger partial charge in [-0.15, -0.1) is 11.3 Å². The van der Waals surface area contributed by atoms with Crippen LogP contribution in [0.2, 0.25) is 0 Å². The van der Waals surface area contributed by atoms with Gasteiger partial charge in [-0.2, -0.15) is 0 Å². The fraction of sp³-hybridized carbons (Fsp3) is 0.174. The van der Waals surface area contributed by atoms with E-state index in [9.17, 15) is 4.79 Å². The summed E-state index contributed by atoms with van der Waals surface area (Å²) in [7, 11) is 0. The van der Waals surface area contributed by atoms with Crippen LogP contribution in [0.15, 0.2) is 69.9 Å². The Morgan fingerprint density at radius 1 is 1.07 bits per heavy atom. The van der Waals surface area contributed by atoms with E-state index in [-0.39, 0.29) is 5.56 Å². The molecule has 3 aromatic heterocycles. The van der Waals surface area contributed by atoms with Crippen molar-refractivity contribution in [3.63, 3.8) is 0 Å². The smallest absolute Gasteiger partial charge is 0.260 e. The van der Waals surface area contributed by atoms with Gasteiger partial charge in [0.05, 0.1) is 22.2 Å². The molecule has 1 N–H and O–H groups in total. The molecule has 0 fully saturated rings. The summed E-state index contributed by atoms with van der Waals surface area (Å²) >= 11 is 3.11. The lowest BCUT2D eigenvalue weighted by atomic mass is 10.1. The Hall–Kier alpha value is -2.90. The van der Waals surface area contributed by atoms with E-state index in [0.29, 0.717) is 23.0 Å². The van der Waals surface area contributed by atoms with E-state index in [1.54, 1.807) is 11.8 Å². The maximum absolute atomic E-state index is 12.9. The predicted octanol–water partition coefficient (Wildman–Crippen LogP) is 5.87. The highest BCUT2D eigenvalue weighted by Gasteiger charge is 2.16. The molecule has 0 aliphatic heterocycles. The highest BCUT2D eigenvalue weighted by Crippen LogP contribution is 2.32. The zero-order valence-corrected chi connectivity index (χ0v) is 18.3. The maximum atomic E-state index is 12.9. The number of nitrogens with one attached hydrogen (secondary N) is 1. The molecule has 0 radical (unpaired) electrons. The average molecular weight is 433 g/mol. The minimum Gasteiger partial charge on any atom is -0.316 e. The van der Waals surface area contributed by atoms with Crippen LogP contribution < -0.4 is 5.56 Å². The number of nitrogens with zero attached hydrogens (tertiary/aromatic N) is 3. The second-order valence-electron chi connectivity index (χ2n) is 7.34. The molecule has 0 amide bonds. The van der Waals surface area contributed by atoms with Crippen molar-refractivity contribution in [3.8, 4) is 11.1 Å². The number of imidazole rings is 1. The van der Waals surface area contributed by atoms with E-state index in [0.717, 1.165) is 32.1 Å². The van der Waals surface area contributed by atoms with Gasteiger partial charge in [-0.25, -0.2) is 9.97 Å². The van der Waals surface area contributed by atoms with Crippen molar-refractivity contribution in [2.45, 2.75) is 30.8 Å². The van der Waals surface area contributed by atoms with Crippen LogP contribution in [0.4, 0.5) is 0 Å². The fourth-order valence-corrected chi connectivity index (χ4v) is 5.63. The number of aromatic amines is 1. The van der Waals surface area contributed by atoms with Crippen LogP contribution in [-0.4, -0.2) is 19.5 Å². The first kappa shape index (κ1) is 19.1. The van der Waals surface area contributed by atoms with Gasteiger partial charge in [0.1, 0.15) is 10.7 Å². The van der Waals surface area contributed by atoms with Crippen LogP contribution in [0.1, 0.15) is 25.7 Å². The first-order chi connectivity index (χ1) is 14.6. The highest BCUT2D eigenvalue weighted by atomic mass is 32.2. The van der Waals surface area contributed by atoms with E-state index >= 15 is 0 Å². The predicted molar refractivity (Wildman–Crippen MR) is 125 cm³/mol. The number of fused-ring (bicyclic) bond motifs is 2. The summed E-state index contributed by atoms with van der Waals surface area (Å²) in [5.41, 5.74) is 3.98. The first-order valence-corrected chi connectivity index (χ1v) is 11.6. The number of benzene rings is 2. The molecule has 0 aliphatic carbocycles. The number of rotatable bonds is 5. The summed E-state index contributed by atoms with van der Waals surface area (Å²) in [5, 5.41) is 3.61. The van der Waals surface area contributed by atoms with Gasteiger partial charge >= 0.3 is 0 Å². The summed E-state index contributed by atoms with van der Waals surface area (Å²) < 4.78 is 2.23. The lowest BCUT2D eigenvalue weighted by Crippen LogP contribution is -2.11. The molecule has 0 atom stereocenters. The minimum absolute atomic E-state index is 0.0898. The molecule has 0 bridgehead atoms. The van der Waals surface area contributed by atoms with E-state index < -0.39 is 0 Å². The van der Waals surface area contributed by atoms with Crippen LogP contribution in [0, 0.1) is 0 Å². The van der Waals surface area contributed by atoms with E-state index in [2.05, 4.69) is 29.5 Å². The molecule has 5 aromatic rings. The zero-order chi connectivity index (χ0) is 20.7. The monoisotopic (exact) mass is 432 g/mol. The standard InChI is InChI=1S/C23H20N4OS2/c1-14(2)27-18-11-7-6-10-17(18)24-23(27)30-13-19-25-21(28)20-16(12-29-22(20)26-19)15-8-4-3-5-9-15/h3-12,14H,13H2,1-2H3,(H,25,26,28). The summed E-state index contributed by atoms with van der Waals surface area (Å²) in [4.78, 5) is 26.1. The van der Waals surface area contributed by atoms with Gasteiger partial charge in [0.25, 0.3) is 5.56 Å². The Balaban J connectivity index is 1.48. The lowest BCUT2D eigenvalue weighted by Gasteiger charge is -2.12. The Bertz CT molecular complexity index is 1400. The number of H-pyrrole nitrogens is 1. The highest BCUT2D eigenvalue weighted by molar-refractivity contribution is 7.98. The molecule has 3 heterocycles. The van der Waals surface area contributed by atoms with Gasteiger partial charge in [0, 0.05) is 17.0 Å². The first-order valence-electron chi connectivity index (χ1n) is 9.77. The van der Waals surface area contributed by atoms with E-state index in [1.807, 2.05) is 53.9 Å². The largest absolute Gasteiger partial charge is 0.316 e. The third kappa shape index (κ3) is 3.34. The molecule has 0 saturated carbocycles. The van der Waals surface area contributed by atoms with Crippen LogP contribution in [0.5, 0.6) is 0 Å². The van der Waals surface area contributed by atoms with Gasteiger partial charge in [-0.05, 0) is 31.5 Å². The van der Waals surface area contributed by atoms with Crippen molar-refractivity contribution in [1.82, 2.24) is 19.5 Å². The van der Waals surface area contributed by atoms with Crippen molar-refractivity contribution in [1.29, 1.82) is 0 Å². The molecule has 150 valence electrons. The van der Waals surface area contributed by atoms with Gasteiger partial charge in [-0.3, -0.25) is 4.79 Å². The molecule has 30 heavy (non-hydrogen) atoms. The molecule has 0 saturated heterocycles. The van der Waals surface area contributed by atoms with Crippen LogP contribution in [0.3, 0.4) is 0 Å². The Kier molecular flexibility index (Phi) is 4.92. The van der Waals surface area contributed by atoms with Crippen LogP contribution in [-0.2, 0) is 5.75 Å². The molecule has 0 spiro atoms. The third-order valence-electron chi connectivity index (χ3n) is 5.00. The van der Waals surface area contributed by atoms with E-state index in [4.69, 9.17) is 9.97 Å². The number of para-hydroxylation sites is 2. The van der Waals surface area contributed by atoms with Crippen molar-refractivity contribution in [2.75, 3.05) is 0 Å². The molecule has 2 aromatic carbocycles. The Morgan fingerprint density at radius 3 is 2.63 bits per heavy atom. The molecular weight excluding hydrogens is 412 g/mol. The Morgan fingerprint density at radius 2 is 1.83 bits per heavy atom. The zero-order valence-electron chi connectivity index (χ0n) is 16.6. The molecule has 5 rings (SSSR count). The second kappa shape index (κ2) is 7.74. The third-order valence-corrected chi connectivity index (χ3v) is 6.83. The maximum Gasteiger partial charge on any atom is 0.260 e. The van der Waals surface area contributed by atoms with Crippen LogP contribution in [0.25, 0.3) is 32.4 Å². The van der Waals surface area contributed by atoms with Gasteiger partial charge in [0.2, 0.25) is 0 Å². The average Bonchev–Trinajstić information content (AvgIpc) is 3.34. The second-order valence-corrected chi connectivity index (χ2v) is 9.14. The summed E-state index contributed by atoms with van der Waals surface area (Å²) in [6, 6.07) is 18.4.